The second-order valence-corrected chi connectivity index (χ2v) is 4.93. The third kappa shape index (κ3) is 2.93. The Kier molecular flexibility index (Phi) is 4.61. The second kappa shape index (κ2) is 6.42. The van der Waals surface area contributed by atoms with Crippen LogP contribution in [0.1, 0.15) is 25.8 Å². The summed E-state index contributed by atoms with van der Waals surface area (Å²) in [4.78, 5) is 14.1. The number of allylic oxidation sites excluding steroid dienone is 1. The van der Waals surface area contributed by atoms with Gasteiger partial charge in [0.25, 0.3) is 0 Å². The Labute approximate surface area is 120 Å². The molecule has 0 fully saturated rings. The van der Waals surface area contributed by atoms with Crippen LogP contribution >= 0.6 is 0 Å². The number of carbonyl (C=O) groups is 1. The highest BCUT2D eigenvalue weighted by atomic mass is 16.5. The van der Waals surface area contributed by atoms with E-state index in [2.05, 4.69) is 12.7 Å². The third-order valence-corrected chi connectivity index (χ3v) is 3.48. The summed E-state index contributed by atoms with van der Waals surface area (Å²) in [5.74, 6) is 1.10. The Hall–Kier alpha value is -2.03. The zero-order chi connectivity index (χ0) is 14.5. The highest BCUT2D eigenvalue weighted by molar-refractivity contribution is 5.90. The molecular formula is C17H21NO2. The lowest BCUT2D eigenvalue weighted by Crippen LogP contribution is -2.36. The van der Waals surface area contributed by atoms with Crippen molar-refractivity contribution in [1.29, 1.82) is 0 Å². The molecule has 106 valence electrons. The molecule has 0 saturated heterocycles. The van der Waals surface area contributed by atoms with Gasteiger partial charge in [-0.3, -0.25) is 4.79 Å². The van der Waals surface area contributed by atoms with E-state index in [0.717, 1.165) is 23.4 Å². The molecule has 0 spiro atoms. The van der Waals surface area contributed by atoms with Crippen LogP contribution in [0.4, 0.5) is 0 Å². The molecule has 0 aromatic heterocycles. The fourth-order valence-corrected chi connectivity index (χ4v) is 2.36. The van der Waals surface area contributed by atoms with E-state index in [9.17, 15) is 4.79 Å². The Morgan fingerprint density at radius 1 is 1.40 bits per heavy atom. The van der Waals surface area contributed by atoms with Crippen molar-refractivity contribution in [3.8, 4) is 5.75 Å². The van der Waals surface area contributed by atoms with Crippen molar-refractivity contribution in [1.82, 2.24) is 4.90 Å². The first kappa shape index (κ1) is 14.4. The fourth-order valence-electron chi connectivity index (χ4n) is 2.36. The standard InChI is InChI=1S/C17H21NO2/c1-4-12-20-15-9-7-14(8-10-15)16-11-6-13(3)17(19)18(16)5-2/h4,7-11,13H,1,5-6,12H2,2-3H3. The van der Waals surface area contributed by atoms with Gasteiger partial charge in [0.15, 0.2) is 0 Å². The van der Waals surface area contributed by atoms with E-state index in [4.69, 9.17) is 4.74 Å². The van der Waals surface area contributed by atoms with Gasteiger partial charge in [-0.2, -0.15) is 0 Å². The van der Waals surface area contributed by atoms with Gasteiger partial charge >= 0.3 is 0 Å². The van der Waals surface area contributed by atoms with Crippen molar-refractivity contribution < 1.29 is 9.53 Å². The molecule has 0 radical (unpaired) electrons. The van der Waals surface area contributed by atoms with Gasteiger partial charge < -0.3 is 9.64 Å². The number of benzene rings is 1. The lowest BCUT2D eigenvalue weighted by atomic mass is 9.97. The molecule has 2 rings (SSSR count). The van der Waals surface area contributed by atoms with Crippen LogP contribution in [-0.4, -0.2) is 24.0 Å². The summed E-state index contributed by atoms with van der Waals surface area (Å²) in [7, 11) is 0. The van der Waals surface area contributed by atoms with Crippen LogP contribution in [0.3, 0.4) is 0 Å². The lowest BCUT2D eigenvalue weighted by Gasteiger charge is -2.31. The van der Waals surface area contributed by atoms with Crippen LogP contribution < -0.4 is 4.74 Å². The van der Waals surface area contributed by atoms with Crippen LogP contribution in [0.25, 0.3) is 5.70 Å². The Morgan fingerprint density at radius 3 is 2.70 bits per heavy atom. The minimum Gasteiger partial charge on any atom is -0.490 e. The van der Waals surface area contributed by atoms with E-state index in [-0.39, 0.29) is 11.8 Å². The predicted octanol–water partition coefficient (Wildman–Crippen LogP) is 3.48. The molecule has 3 nitrogen and oxygen atoms in total. The topological polar surface area (TPSA) is 29.5 Å². The summed E-state index contributed by atoms with van der Waals surface area (Å²) in [5, 5.41) is 0. The van der Waals surface area contributed by atoms with E-state index in [1.807, 2.05) is 43.0 Å². The first-order valence-corrected chi connectivity index (χ1v) is 7.03. The van der Waals surface area contributed by atoms with E-state index in [0.29, 0.717) is 13.2 Å². The molecule has 1 atom stereocenters. The summed E-state index contributed by atoms with van der Waals surface area (Å²) in [5.41, 5.74) is 2.06. The van der Waals surface area contributed by atoms with Gasteiger partial charge in [0.1, 0.15) is 12.4 Å². The number of hydrogen-bond acceptors (Lipinski definition) is 2. The molecule has 1 heterocycles. The molecule has 1 aliphatic heterocycles. The minimum atomic E-state index is 0.0777. The summed E-state index contributed by atoms with van der Waals surface area (Å²) in [6.07, 6.45) is 4.67. The smallest absolute Gasteiger partial charge is 0.230 e. The quantitative estimate of drug-likeness (QED) is 0.767. The highest BCUT2D eigenvalue weighted by Crippen LogP contribution is 2.29. The van der Waals surface area contributed by atoms with Gasteiger partial charge in [-0.05, 0) is 43.2 Å². The maximum Gasteiger partial charge on any atom is 0.230 e. The molecule has 0 aliphatic carbocycles. The van der Waals surface area contributed by atoms with Crippen molar-refractivity contribution in [2.45, 2.75) is 20.3 Å². The number of hydrogen-bond donors (Lipinski definition) is 0. The van der Waals surface area contributed by atoms with Crippen molar-refractivity contribution >= 4 is 11.6 Å². The summed E-state index contributed by atoms with van der Waals surface area (Å²) >= 11 is 0. The Balaban J connectivity index is 2.21. The second-order valence-electron chi connectivity index (χ2n) is 4.93. The van der Waals surface area contributed by atoms with Crippen molar-refractivity contribution in [3.63, 3.8) is 0 Å². The van der Waals surface area contributed by atoms with E-state index in [1.54, 1.807) is 6.08 Å². The molecule has 1 unspecified atom stereocenters. The maximum absolute atomic E-state index is 12.2. The van der Waals surface area contributed by atoms with E-state index < -0.39 is 0 Å². The third-order valence-electron chi connectivity index (χ3n) is 3.48. The molecular weight excluding hydrogens is 250 g/mol. The number of rotatable bonds is 5. The zero-order valence-electron chi connectivity index (χ0n) is 12.1. The molecule has 1 amide bonds. The maximum atomic E-state index is 12.2. The number of ether oxygens (including phenoxy) is 1. The lowest BCUT2D eigenvalue weighted by molar-refractivity contribution is -0.131. The highest BCUT2D eigenvalue weighted by Gasteiger charge is 2.26. The van der Waals surface area contributed by atoms with E-state index >= 15 is 0 Å². The Morgan fingerprint density at radius 2 is 2.10 bits per heavy atom. The van der Waals surface area contributed by atoms with Crippen molar-refractivity contribution in [2.75, 3.05) is 13.2 Å². The van der Waals surface area contributed by atoms with Gasteiger partial charge in [0, 0.05) is 18.2 Å². The number of carbonyl (C=O) groups excluding carboxylic acids is 1. The van der Waals surface area contributed by atoms with Gasteiger partial charge in [-0.25, -0.2) is 0 Å². The van der Waals surface area contributed by atoms with E-state index in [1.165, 1.54) is 0 Å². The predicted molar refractivity (Wildman–Crippen MR) is 81.3 cm³/mol. The SMILES string of the molecule is C=CCOc1ccc(C2=CCC(C)C(=O)N2CC)cc1. The number of amides is 1. The Bertz CT molecular complexity index is 516. The molecule has 1 aromatic rings. The van der Waals surface area contributed by atoms with Crippen molar-refractivity contribution in [3.05, 3.63) is 48.6 Å². The van der Waals surface area contributed by atoms with Crippen LogP contribution in [-0.2, 0) is 4.79 Å². The molecule has 1 aliphatic rings. The van der Waals surface area contributed by atoms with Crippen LogP contribution in [0.2, 0.25) is 0 Å². The molecule has 3 heteroatoms. The fraction of sp³-hybridized carbons (Fsp3) is 0.353. The summed E-state index contributed by atoms with van der Waals surface area (Å²) in [6.45, 7) is 8.80. The zero-order valence-corrected chi connectivity index (χ0v) is 12.1. The molecule has 1 aromatic carbocycles. The first-order valence-electron chi connectivity index (χ1n) is 7.03. The number of nitrogens with zero attached hydrogens (tertiary/aromatic N) is 1. The van der Waals surface area contributed by atoms with Gasteiger partial charge in [-0.15, -0.1) is 0 Å². The van der Waals surface area contributed by atoms with Gasteiger partial charge in [0.05, 0.1) is 0 Å². The van der Waals surface area contributed by atoms with Crippen LogP contribution in [0.5, 0.6) is 5.75 Å². The monoisotopic (exact) mass is 271 g/mol. The minimum absolute atomic E-state index is 0.0777. The summed E-state index contributed by atoms with van der Waals surface area (Å²) < 4.78 is 5.47. The molecule has 20 heavy (non-hydrogen) atoms. The summed E-state index contributed by atoms with van der Waals surface area (Å²) in [6, 6.07) is 7.85. The normalized spacial score (nSPS) is 18.7. The first-order chi connectivity index (χ1) is 9.67. The van der Waals surface area contributed by atoms with Gasteiger partial charge in [-0.1, -0.05) is 25.7 Å². The van der Waals surface area contributed by atoms with Crippen molar-refractivity contribution in [2.24, 2.45) is 5.92 Å². The van der Waals surface area contributed by atoms with Gasteiger partial charge in [0.2, 0.25) is 5.91 Å². The molecule has 0 saturated carbocycles. The van der Waals surface area contributed by atoms with Crippen LogP contribution in [0.15, 0.2) is 43.0 Å². The average Bonchev–Trinajstić information content (AvgIpc) is 2.48. The largest absolute Gasteiger partial charge is 0.490 e. The molecule has 0 N–H and O–H groups in total. The van der Waals surface area contributed by atoms with Crippen LogP contribution in [0, 0.1) is 5.92 Å². The average molecular weight is 271 g/mol. The molecule has 0 bridgehead atoms.